The van der Waals surface area contributed by atoms with Gasteiger partial charge in [0.2, 0.25) is 11.8 Å². The molecule has 45 heavy (non-hydrogen) atoms. The van der Waals surface area contributed by atoms with Crippen LogP contribution in [0.2, 0.25) is 5.02 Å². The minimum atomic E-state index is -1.19. The Morgan fingerprint density at radius 1 is 1.16 bits per heavy atom. The lowest BCUT2D eigenvalue weighted by molar-refractivity contribution is -0.178. The quantitative estimate of drug-likeness (QED) is 0.359. The SMILES string of the molecule is COc1ccc(C[C@H]2NC(=O)/C=C/C[C@@H]([C@H](C)/C=C/c3cn[nH]c3)OC(=O)[C@H](CC(C)C)OC(=O)C(C)(C)CNC2=O)cc1Cl. The van der Waals surface area contributed by atoms with Gasteiger partial charge in [0.25, 0.3) is 0 Å². The second-order valence-corrected chi connectivity index (χ2v) is 12.6. The highest BCUT2D eigenvalue weighted by Crippen LogP contribution is 2.26. The molecule has 0 radical (unpaired) electrons. The van der Waals surface area contributed by atoms with Gasteiger partial charge in [-0.05, 0) is 50.0 Å². The molecule has 1 aromatic carbocycles. The zero-order valence-corrected chi connectivity index (χ0v) is 27.4. The van der Waals surface area contributed by atoms with Crippen molar-refractivity contribution in [2.45, 2.75) is 72.1 Å². The fraction of sp³-hybridized carbons (Fsp3) is 0.485. The predicted molar refractivity (Wildman–Crippen MR) is 170 cm³/mol. The maximum Gasteiger partial charge on any atom is 0.347 e. The number of hydrogen-bond donors (Lipinski definition) is 3. The van der Waals surface area contributed by atoms with Gasteiger partial charge in [-0.3, -0.25) is 19.5 Å². The molecule has 3 rings (SSSR count). The zero-order valence-electron chi connectivity index (χ0n) is 26.6. The molecule has 0 saturated carbocycles. The van der Waals surface area contributed by atoms with Crippen LogP contribution in [-0.2, 0) is 35.1 Å². The number of rotatable bonds is 8. The number of carbonyl (C=O) groups is 4. The average Bonchev–Trinajstić information content (AvgIpc) is 3.50. The number of cyclic esters (lactones) is 2. The first kappa shape index (κ1) is 35.4. The molecule has 1 aromatic heterocycles. The van der Waals surface area contributed by atoms with Crippen molar-refractivity contribution in [2.24, 2.45) is 17.3 Å². The number of benzene rings is 1. The van der Waals surface area contributed by atoms with Crippen molar-refractivity contribution < 1.29 is 33.4 Å². The molecule has 244 valence electrons. The molecule has 12 heteroatoms. The van der Waals surface area contributed by atoms with Crippen molar-refractivity contribution in [2.75, 3.05) is 13.7 Å². The molecular weight excluding hydrogens is 600 g/mol. The molecule has 2 heterocycles. The number of nitrogens with one attached hydrogen (secondary N) is 3. The fourth-order valence-electron chi connectivity index (χ4n) is 4.56. The van der Waals surface area contributed by atoms with Gasteiger partial charge in [-0.25, -0.2) is 4.79 Å². The van der Waals surface area contributed by atoms with Crippen molar-refractivity contribution in [1.82, 2.24) is 20.8 Å². The van der Waals surface area contributed by atoms with Gasteiger partial charge in [-0.2, -0.15) is 5.10 Å². The monoisotopic (exact) mass is 642 g/mol. The van der Waals surface area contributed by atoms with E-state index in [4.69, 9.17) is 25.8 Å². The number of carbonyl (C=O) groups excluding carboxylic acids is 4. The van der Waals surface area contributed by atoms with Crippen LogP contribution >= 0.6 is 11.6 Å². The van der Waals surface area contributed by atoms with E-state index >= 15 is 0 Å². The molecule has 0 unspecified atom stereocenters. The second-order valence-electron chi connectivity index (χ2n) is 12.2. The Kier molecular flexibility index (Phi) is 12.8. The first-order valence-electron chi connectivity index (χ1n) is 14.9. The Balaban J connectivity index is 1.93. The third kappa shape index (κ3) is 10.8. The topological polar surface area (TPSA) is 149 Å². The van der Waals surface area contributed by atoms with Crippen LogP contribution in [0.15, 0.2) is 48.8 Å². The number of nitrogens with zero attached hydrogens (tertiary/aromatic N) is 1. The third-order valence-corrected chi connectivity index (χ3v) is 7.64. The number of H-pyrrole nitrogens is 1. The standard InChI is InChI=1S/C33H43ClN4O7/c1-20(2)14-28-31(41)44-26(21(3)10-11-23-17-36-37-18-23)8-7-9-29(39)38-25(16-22-12-13-27(43-6)24(34)15-22)30(40)35-19-33(4,5)32(42)45-28/h7,9-13,15,17-18,20-21,25-26,28H,8,14,16,19H2,1-6H3,(H,35,40)(H,36,37)(H,38,39)/b9-7+,11-10+/t21-,25-,26+,28+/m1/s1. The molecule has 2 aromatic rings. The minimum Gasteiger partial charge on any atom is -0.495 e. The van der Waals surface area contributed by atoms with Crippen LogP contribution in [0.3, 0.4) is 0 Å². The highest BCUT2D eigenvalue weighted by atomic mass is 35.5. The van der Waals surface area contributed by atoms with Crippen LogP contribution in [0.4, 0.5) is 0 Å². The summed E-state index contributed by atoms with van der Waals surface area (Å²) >= 11 is 6.30. The number of hydrogen-bond acceptors (Lipinski definition) is 8. The van der Waals surface area contributed by atoms with E-state index in [1.165, 1.54) is 13.2 Å². The van der Waals surface area contributed by atoms with Crippen LogP contribution in [0.25, 0.3) is 6.08 Å². The predicted octanol–water partition coefficient (Wildman–Crippen LogP) is 4.42. The van der Waals surface area contributed by atoms with E-state index < -0.39 is 47.4 Å². The molecule has 0 aliphatic carbocycles. The van der Waals surface area contributed by atoms with Crippen molar-refractivity contribution in [3.63, 3.8) is 0 Å². The van der Waals surface area contributed by atoms with E-state index in [0.29, 0.717) is 16.3 Å². The number of ether oxygens (including phenoxy) is 3. The van der Waals surface area contributed by atoms with Gasteiger partial charge in [-0.15, -0.1) is 0 Å². The maximum absolute atomic E-state index is 13.4. The molecule has 3 N–H and O–H groups in total. The molecule has 0 spiro atoms. The summed E-state index contributed by atoms with van der Waals surface area (Å²) in [6.45, 7) is 8.84. The Morgan fingerprint density at radius 3 is 2.56 bits per heavy atom. The number of halogens is 1. The molecule has 0 bridgehead atoms. The number of methoxy groups -OCH3 is 1. The molecule has 1 aliphatic rings. The molecule has 2 amide bonds. The van der Waals surface area contributed by atoms with Gasteiger partial charge in [0.15, 0.2) is 6.10 Å². The van der Waals surface area contributed by atoms with Crippen LogP contribution in [0.5, 0.6) is 5.75 Å². The maximum atomic E-state index is 13.4. The van der Waals surface area contributed by atoms with Crippen molar-refractivity contribution in [1.29, 1.82) is 0 Å². The van der Waals surface area contributed by atoms with E-state index in [2.05, 4.69) is 20.8 Å². The van der Waals surface area contributed by atoms with E-state index in [0.717, 1.165) is 5.56 Å². The van der Waals surface area contributed by atoms with Gasteiger partial charge in [0, 0.05) is 37.1 Å². The molecule has 0 fully saturated rings. The van der Waals surface area contributed by atoms with Gasteiger partial charge in [0.1, 0.15) is 17.9 Å². The summed E-state index contributed by atoms with van der Waals surface area (Å²) in [6.07, 6.45) is 8.76. The van der Waals surface area contributed by atoms with Crippen molar-refractivity contribution in [3.05, 3.63) is 65.0 Å². The summed E-state index contributed by atoms with van der Waals surface area (Å²) < 4.78 is 16.9. The van der Waals surface area contributed by atoms with Gasteiger partial charge in [-0.1, -0.05) is 56.7 Å². The van der Waals surface area contributed by atoms with Gasteiger partial charge >= 0.3 is 11.9 Å². The van der Waals surface area contributed by atoms with Crippen LogP contribution in [-0.4, -0.2) is 65.9 Å². The Morgan fingerprint density at radius 2 is 1.91 bits per heavy atom. The zero-order chi connectivity index (χ0) is 33.1. The lowest BCUT2D eigenvalue weighted by atomic mass is 9.93. The Labute approximate surface area is 269 Å². The molecule has 4 atom stereocenters. The third-order valence-electron chi connectivity index (χ3n) is 7.35. The van der Waals surface area contributed by atoms with E-state index in [1.54, 1.807) is 50.5 Å². The Hall–Kier alpha value is -4.12. The van der Waals surface area contributed by atoms with Crippen LogP contribution in [0, 0.1) is 17.3 Å². The summed E-state index contributed by atoms with van der Waals surface area (Å²) in [7, 11) is 1.50. The lowest BCUT2D eigenvalue weighted by Gasteiger charge is -2.29. The van der Waals surface area contributed by atoms with E-state index in [-0.39, 0.29) is 37.6 Å². The summed E-state index contributed by atoms with van der Waals surface area (Å²) in [5, 5.41) is 12.6. The van der Waals surface area contributed by atoms with E-state index in [9.17, 15) is 19.2 Å². The van der Waals surface area contributed by atoms with E-state index in [1.807, 2.05) is 32.9 Å². The van der Waals surface area contributed by atoms with Crippen LogP contribution in [0.1, 0.15) is 58.6 Å². The molecule has 1 aliphatic heterocycles. The number of aromatic nitrogens is 2. The number of aromatic amines is 1. The first-order valence-corrected chi connectivity index (χ1v) is 15.3. The lowest BCUT2D eigenvalue weighted by Crippen LogP contribution is -2.51. The minimum absolute atomic E-state index is 0.0245. The van der Waals surface area contributed by atoms with Crippen molar-refractivity contribution in [3.8, 4) is 5.75 Å². The first-order chi connectivity index (χ1) is 21.3. The largest absolute Gasteiger partial charge is 0.495 e. The van der Waals surface area contributed by atoms with Gasteiger partial charge in [0.05, 0.1) is 23.7 Å². The highest BCUT2D eigenvalue weighted by molar-refractivity contribution is 6.32. The molecule has 0 saturated heterocycles. The average molecular weight is 643 g/mol. The summed E-state index contributed by atoms with van der Waals surface area (Å²) in [4.78, 5) is 53.2. The molecular formula is C33H43ClN4O7. The smallest absolute Gasteiger partial charge is 0.347 e. The van der Waals surface area contributed by atoms with Crippen LogP contribution < -0.4 is 15.4 Å². The number of esters is 2. The Bertz CT molecular complexity index is 1390. The number of amides is 2. The molecule has 11 nitrogen and oxygen atoms in total. The fourth-order valence-corrected chi connectivity index (χ4v) is 4.84. The normalized spacial score (nSPS) is 23.2. The highest BCUT2D eigenvalue weighted by Gasteiger charge is 2.37. The summed E-state index contributed by atoms with van der Waals surface area (Å²) in [5.74, 6) is -2.11. The van der Waals surface area contributed by atoms with Crippen molar-refractivity contribution >= 4 is 41.4 Å². The van der Waals surface area contributed by atoms with Gasteiger partial charge < -0.3 is 24.8 Å². The summed E-state index contributed by atoms with van der Waals surface area (Å²) in [5.41, 5.74) is 0.341. The second kappa shape index (κ2) is 16.3. The summed E-state index contributed by atoms with van der Waals surface area (Å²) in [6, 6.07) is 4.13.